The molecule has 6 rings (SSSR count). The van der Waals surface area contributed by atoms with Crippen LogP contribution in [0.1, 0.15) is 211 Å². The Balaban J connectivity index is 1.13. The molecule has 0 bridgehead atoms. The van der Waals surface area contributed by atoms with Crippen LogP contribution in [0.15, 0.2) is 101 Å². The van der Waals surface area contributed by atoms with Crippen molar-refractivity contribution in [2.24, 2.45) is 38.9 Å². The first-order valence-corrected chi connectivity index (χ1v) is 44.1. The second kappa shape index (κ2) is 54.8. The molecule has 9 atom stereocenters. The van der Waals surface area contributed by atoms with E-state index in [4.69, 9.17) is 22.9 Å². The molecule has 32 heteroatoms. The first kappa shape index (κ1) is 96.7. The summed E-state index contributed by atoms with van der Waals surface area (Å²) < 4.78 is 0. The molecule has 118 heavy (non-hydrogen) atoms. The summed E-state index contributed by atoms with van der Waals surface area (Å²) in [6.45, 7) is 6.68. The Morgan fingerprint density at radius 1 is 0.525 bits per heavy atom. The molecule has 2 fully saturated rings. The van der Waals surface area contributed by atoms with Crippen molar-refractivity contribution in [1.82, 2.24) is 68.1 Å². The summed E-state index contributed by atoms with van der Waals surface area (Å²) in [6.07, 6.45) is 26.6. The maximum Gasteiger partial charge on any atom is 0.264 e. The topological polar surface area (TPSA) is 476 Å². The molecule has 2 aliphatic rings. The van der Waals surface area contributed by atoms with E-state index < -0.39 is 113 Å². The number of likely N-dealkylation sites (tertiary alicyclic amines) is 2. The Bertz CT molecular complexity index is 3840. The number of benzene rings is 3. The lowest BCUT2D eigenvalue weighted by atomic mass is 10.00. The van der Waals surface area contributed by atoms with Crippen molar-refractivity contribution < 1.29 is 57.5 Å². The summed E-state index contributed by atoms with van der Waals surface area (Å²) in [4.78, 5) is 179. The number of hydrogen-bond acceptors (Lipinski definition) is 17. The van der Waals surface area contributed by atoms with Crippen molar-refractivity contribution in [2.75, 3.05) is 57.8 Å². The number of nitrogens with one attached hydrogen (secondary N) is 11. The Labute approximate surface area is 700 Å². The smallest absolute Gasteiger partial charge is 0.264 e. The van der Waals surface area contributed by atoms with E-state index in [9.17, 15) is 38.4 Å². The Kier molecular flexibility index (Phi) is 44.9. The molecular formula is C86H133N19O12S. The molecule has 1 aromatic heterocycles. The standard InChI is InChI=1S/C86H133N19O12S/c1-5-6-7-8-9-10-11-12-13-14-15-16-17-18-25-44-73(106)91-48-33-49-93-75(108)58-97-96-57-74(107)92-46-29-28-40-67(85(117)105-51-32-43-72(105)83(115)103-76(59(2)3)77(88)109)99-80(112)68(53-60-34-21-19-22-35-60)100-81(113)70(55-62-56-95-65-39-27-26-38-63(62)65)101-78(110)66(41-30-47-94-86(89)90)98-79(111)69(54-61-36-23-20-24-37-61)102-82(114)71-42-31-50-104(71)84(116)64(87)45-52-118-4/h19-24,26-27,34-39,56,58-59,64,66-72,76,95-96H,5-18,25,28-33,40-55,57,87H2,1-4H3,(H2,88,109)(H,91,106)(H,92,107)(H,93,108)(H,98,111)(H,99,112)(H,100,113)(H,101,110)(H,102,114)(H,103,115)(H4,89,90,94)/b97-58+/t64-,66-,67-,68-,69+,70+,71-,72-,76-/m0/s1. The number of unbranched alkanes of at least 4 members (excludes halogenated alkanes) is 15. The van der Waals surface area contributed by atoms with Crippen molar-refractivity contribution >= 4 is 106 Å². The Morgan fingerprint density at radius 3 is 1.59 bits per heavy atom. The zero-order valence-corrected chi connectivity index (χ0v) is 70.6. The van der Waals surface area contributed by atoms with Gasteiger partial charge in [-0.05, 0) is 118 Å². The number of thioether (sulfide) groups is 1. The number of para-hydroxylation sites is 1. The average Bonchev–Trinajstić information content (AvgIpc) is 1.64. The van der Waals surface area contributed by atoms with E-state index >= 15 is 19.2 Å². The van der Waals surface area contributed by atoms with Gasteiger partial charge in [-0.3, -0.25) is 62.5 Å². The third-order valence-corrected chi connectivity index (χ3v) is 22.0. The number of hydrogen-bond donors (Lipinski definition) is 15. The first-order chi connectivity index (χ1) is 57.0. The van der Waals surface area contributed by atoms with Gasteiger partial charge in [0, 0.05) is 82.1 Å². The van der Waals surface area contributed by atoms with Crippen LogP contribution in [0, 0.1) is 5.92 Å². The fraction of sp³-hybridized carbons (Fsp3) is 0.605. The molecule has 12 amide bonds. The predicted molar refractivity (Wildman–Crippen MR) is 462 cm³/mol. The van der Waals surface area contributed by atoms with Gasteiger partial charge in [0.2, 0.25) is 65.0 Å². The monoisotopic (exact) mass is 1660 g/mol. The van der Waals surface area contributed by atoms with Crippen LogP contribution in [-0.4, -0.2) is 210 Å². The second-order valence-electron chi connectivity index (χ2n) is 31.2. The summed E-state index contributed by atoms with van der Waals surface area (Å²) in [5.74, 6) is -7.08. The lowest BCUT2D eigenvalue weighted by molar-refractivity contribution is -0.142. The van der Waals surface area contributed by atoms with Gasteiger partial charge in [-0.2, -0.15) is 16.9 Å². The number of aliphatic imine (C=N–C) groups is 1. The third-order valence-electron chi connectivity index (χ3n) is 21.4. The summed E-state index contributed by atoms with van der Waals surface area (Å²) in [5, 5.41) is 30.2. The van der Waals surface area contributed by atoms with Gasteiger partial charge in [-0.25, -0.2) is 0 Å². The molecule has 4 aromatic rings. The molecule has 650 valence electrons. The molecule has 0 spiro atoms. The fourth-order valence-corrected chi connectivity index (χ4v) is 15.2. The van der Waals surface area contributed by atoms with Crippen LogP contribution in [0.4, 0.5) is 0 Å². The minimum absolute atomic E-state index is 0.00684. The summed E-state index contributed by atoms with van der Waals surface area (Å²) >= 11 is 1.54. The summed E-state index contributed by atoms with van der Waals surface area (Å²) in [6, 6.07) is 14.2. The predicted octanol–water partition coefficient (Wildman–Crippen LogP) is 5.11. The number of nitrogens with two attached hydrogens (primary N) is 4. The van der Waals surface area contributed by atoms with Gasteiger partial charge in [0.15, 0.2) is 5.96 Å². The quantitative estimate of drug-likeness (QED) is 0.0118. The van der Waals surface area contributed by atoms with Gasteiger partial charge in [0.05, 0.1) is 6.04 Å². The van der Waals surface area contributed by atoms with Crippen LogP contribution in [-0.2, 0) is 76.8 Å². The first-order valence-electron chi connectivity index (χ1n) is 42.7. The SMILES string of the molecule is CCCCCCCCCCCCCCCCCC(=O)NCCCNC(=O)/C=N/NCC(=O)NCCCC[C@H](NC(=O)[C@H](Cc1ccccc1)NC(=O)[C@@H](Cc1c[nH]c2ccccc12)NC(=O)[C@H](CCCN=C(N)N)NC(=O)[C@@H](Cc1ccccc1)NC(=O)[C@@H]1CCCN1C(=O)[C@@H](N)CCSC)C(=O)N1CCC[C@H]1C(=O)N[C@H](C(N)=O)C(C)C. The highest BCUT2D eigenvalue weighted by atomic mass is 32.2. The number of hydrazone groups is 1. The molecule has 19 N–H and O–H groups in total. The van der Waals surface area contributed by atoms with Crippen LogP contribution in [0.5, 0.6) is 0 Å². The lowest BCUT2D eigenvalue weighted by Crippen LogP contribution is -2.61. The van der Waals surface area contributed by atoms with Crippen molar-refractivity contribution in [3.05, 3.63) is 108 Å². The minimum Gasteiger partial charge on any atom is -0.370 e. The number of guanidine groups is 1. The van der Waals surface area contributed by atoms with Crippen LogP contribution in [0.3, 0.4) is 0 Å². The molecule has 2 aliphatic heterocycles. The number of H-pyrrole nitrogens is 1. The van der Waals surface area contributed by atoms with Crippen LogP contribution in [0.2, 0.25) is 0 Å². The molecule has 0 saturated carbocycles. The number of aromatic amines is 1. The van der Waals surface area contributed by atoms with Crippen molar-refractivity contribution in [1.29, 1.82) is 0 Å². The van der Waals surface area contributed by atoms with E-state index in [1.165, 1.54) is 86.8 Å². The number of nitrogens with zero attached hydrogens (tertiary/aromatic N) is 4. The van der Waals surface area contributed by atoms with Crippen molar-refractivity contribution in [3.63, 3.8) is 0 Å². The van der Waals surface area contributed by atoms with Gasteiger partial charge in [-0.1, -0.05) is 190 Å². The molecule has 2 saturated heterocycles. The Morgan fingerprint density at radius 2 is 1.02 bits per heavy atom. The third kappa shape index (κ3) is 35.6. The van der Waals surface area contributed by atoms with Crippen LogP contribution in [0.25, 0.3) is 10.9 Å². The van der Waals surface area contributed by atoms with Gasteiger partial charge in [0.25, 0.3) is 5.91 Å². The maximum absolute atomic E-state index is 15.5. The van der Waals surface area contributed by atoms with Crippen molar-refractivity contribution in [3.8, 4) is 0 Å². The Hall–Kier alpha value is -10.1. The molecular weight excluding hydrogens is 1520 g/mol. The zero-order chi connectivity index (χ0) is 85.4. The number of fused-ring (bicyclic) bond motifs is 1. The number of rotatable bonds is 58. The normalized spacial score (nSPS) is 15.7. The zero-order valence-electron chi connectivity index (χ0n) is 69.8. The minimum atomic E-state index is -1.48. The van der Waals surface area contributed by atoms with Gasteiger partial charge in [0.1, 0.15) is 61.1 Å². The highest BCUT2D eigenvalue weighted by Gasteiger charge is 2.42. The molecule has 3 aromatic carbocycles. The number of amides is 12. The lowest BCUT2D eigenvalue weighted by Gasteiger charge is -2.31. The van der Waals surface area contributed by atoms with E-state index in [0.29, 0.717) is 87.0 Å². The van der Waals surface area contributed by atoms with Crippen LogP contribution >= 0.6 is 11.8 Å². The highest BCUT2D eigenvalue weighted by Crippen LogP contribution is 2.25. The molecule has 31 nitrogen and oxygen atoms in total. The number of carbonyl (C=O) groups excluding carboxylic acids is 12. The second-order valence-corrected chi connectivity index (χ2v) is 32.2. The fourth-order valence-electron chi connectivity index (χ4n) is 14.7. The molecule has 0 aliphatic carbocycles. The highest BCUT2D eigenvalue weighted by molar-refractivity contribution is 7.98. The molecule has 0 unspecified atom stereocenters. The summed E-state index contributed by atoms with van der Waals surface area (Å²) in [5.41, 5.74) is 28.6. The van der Waals surface area contributed by atoms with E-state index in [1.807, 2.05) is 30.5 Å². The number of primary amides is 1. The van der Waals surface area contributed by atoms with E-state index in [1.54, 1.807) is 92.5 Å². The van der Waals surface area contributed by atoms with Crippen LogP contribution < -0.4 is 76.2 Å². The molecule has 3 heterocycles. The summed E-state index contributed by atoms with van der Waals surface area (Å²) in [7, 11) is 0. The van der Waals surface area contributed by atoms with E-state index in [2.05, 4.69) is 75.3 Å². The van der Waals surface area contributed by atoms with Gasteiger partial charge < -0.3 is 91.0 Å². The van der Waals surface area contributed by atoms with Gasteiger partial charge >= 0.3 is 0 Å². The van der Waals surface area contributed by atoms with Gasteiger partial charge in [-0.15, -0.1) is 0 Å². The number of aromatic nitrogens is 1. The number of carbonyl (C=O) groups is 12. The van der Waals surface area contributed by atoms with E-state index in [0.717, 1.165) is 36.4 Å². The van der Waals surface area contributed by atoms with Crippen molar-refractivity contribution in [2.45, 2.75) is 268 Å². The molecule has 0 radical (unpaired) electrons. The average molecular weight is 1660 g/mol. The maximum atomic E-state index is 15.5. The van der Waals surface area contributed by atoms with E-state index in [-0.39, 0.29) is 101 Å². The largest absolute Gasteiger partial charge is 0.370 e.